The molecule has 2 nitrogen and oxygen atoms in total. The Morgan fingerprint density at radius 3 is 2.73 bits per heavy atom. The monoisotopic (exact) mass is 243 g/mol. The molecule has 4 heteroatoms. The van der Waals surface area contributed by atoms with Crippen molar-refractivity contribution in [3.63, 3.8) is 0 Å². The maximum absolute atomic E-state index is 8.80. The van der Waals surface area contributed by atoms with Crippen LogP contribution in [-0.4, -0.2) is 28.6 Å². The Bertz CT molecular complexity index is 329. The van der Waals surface area contributed by atoms with Gasteiger partial charge in [-0.3, -0.25) is 4.99 Å². The smallest absolute Gasteiger partial charge is 0.0981 e. The third-order valence-electron chi connectivity index (χ3n) is 2.20. The van der Waals surface area contributed by atoms with Gasteiger partial charge in [-0.15, -0.1) is 24.2 Å². The lowest BCUT2D eigenvalue weighted by Gasteiger charge is -1.99. The van der Waals surface area contributed by atoms with Crippen molar-refractivity contribution < 1.29 is 5.11 Å². The zero-order valence-corrected chi connectivity index (χ0v) is 9.93. The van der Waals surface area contributed by atoms with Crippen LogP contribution in [0.2, 0.25) is 0 Å². The van der Waals surface area contributed by atoms with E-state index in [4.69, 9.17) is 5.11 Å². The number of nitrogens with zero attached hydrogens (tertiary/aromatic N) is 1. The highest BCUT2D eigenvalue weighted by molar-refractivity contribution is 8.14. The Morgan fingerprint density at radius 2 is 2.07 bits per heavy atom. The minimum Gasteiger partial charge on any atom is -0.396 e. The molecule has 0 spiro atoms. The average molecular weight is 244 g/mol. The normalized spacial score (nSPS) is 19.5. The van der Waals surface area contributed by atoms with Crippen LogP contribution in [0.3, 0.4) is 0 Å². The van der Waals surface area contributed by atoms with Gasteiger partial charge in [-0.1, -0.05) is 30.3 Å². The molecule has 1 aliphatic rings. The average Bonchev–Trinajstić information content (AvgIpc) is 2.68. The highest BCUT2D eigenvalue weighted by atomic mass is 35.5. The lowest BCUT2D eigenvalue weighted by atomic mass is 10.2. The minimum absolute atomic E-state index is 0. The van der Waals surface area contributed by atoms with E-state index in [2.05, 4.69) is 17.1 Å². The van der Waals surface area contributed by atoms with Gasteiger partial charge in [0.15, 0.2) is 0 Å². The fourth-order valence-electron chi connectivity index (χ4n) is 1.45. The SMILES string of the molecule is Cl.OCCC1CSC(c2ccccc2)=N1. The Labute approximate surface area is 100 Å². The molecule has 1 aromatic carbocycles. The number of halogens is 1. The molecule has 1 atom stereocenters. The van der Waals surface area contributed by atoms with Crippen molar-refractivity contribution in [2.75, 3.05) is 12.4 Å². The van der Waals surface area contributed by atoms with Crippen molar-refractivity contribution >= 4 is 29.2 Å². The van der Waals surface area contributed by atoms with Crippen molar-refractivity contribution in [2.24, 2.45) is 4.99 Å². The molecule has 82 valence electrons. The van der Waals surface area contributed by atoms with Crippen molar-refractivity contribution in [3.8, 4) is 0 Å². The number of aliphatic hydroxyl groups is 1. The summed E-state index contributed by atoms with van der Waals surface area (Å²) in [7, 11) is 0. The van der Waals surface area contributed by atoms with Crippen LogP contribution in [0.4, 0.5) is 0 Å². The zero-order valence-electron chi connectivity index (χ0n) is 8.30. The standard InChI is InChI=1S/C11H13NOS.ClH/c13-7-6-10-8-14-11(12-10)9-4-2-1-3-5-9;/h1-5,10,13H,6-8H2;1H. The summed E-state index contributed by atoms with van der Waals surface area (Å²) in [4.78, 5) is 4.57. The molecule has 1 heterocycles. The molecule has 0 radical (unpaired) electrons. The van der Waals surface area contributed by atoms with E-state index in [1.54, 1.807) is 11.8 Å². The van der Waals surface area contributed by atoms with Gasteiger partial charge in [0.05, 0.1) is 11.1 Å². The van der Waals surface area contributed by atoms with Crippen molar-refractivity contribution in [3.05, 3.63) is 35.9 Å². The van der Waals surface area contributed by atoms with Crippen LogP contribution in [0.15, 0.2) is 35.3 Å². The molecule has 15 heavy (non-hydrogen) atoms. The van der Waals surface area contributed by atoms with Crippen LogP contribution in [0, 0.1) is 0 Å². The molecule has 0 aliphatic carbocycles. The quantitative estimate of drug-likeness (QED) is 0.884. The lowest BCUT2D eigenvalue weighted by molar-refractivity contribution is 0.280. The first-order chi connectivity index (χ1) is 6.90. The molecule has 2 rings (SSSR count). The highest BCUT2D eigenvalue weighted by Gasteiger charge is 2.18. The van der Waals surface area contributed by atoms with Gasteiger partial charge >= 0.3 is 0 Å². The first-order valence-corrected chi connectivity index (χ1v) is 5.75. The van der Waals surface area contributed by atoms with Crippen molar-refractivity contribution in [1.82, 2.24) is 0 Å². The molecule has 1 N–H and O–H groups in total. The van der Waals surface area contributed by atoms with Gasteiger partial charge in [-0.2, -0.15) is 0 Å². The first-order valence-electron chi connectivity index (χ1n) is 4.77. The van der Waals surface area contributed by atoms with E-state index in [0.29, 0.717) is 6.04 Å². The number of benzene rings is 1. The van der Waals surface area contributed by atoms with E-state index >= 15 is 0 Å². The van der Waals surface area contributed by atoms with Gasteiger partial charge in [0.25, 0.3) is 0 Å². The maximum atomic E-state index is 8.80. The molecular weight excluding hydrogens is 230 g/mol. The molecule has 0 bridgehead atoms. The minimum atomic E-state index is 0. The van der Waals surface area contributed by atoms with E-state index in [1.165, 1.54) is 5.56 Å². The second-order valence-electron chi connectivity index (χ2n) is 3.28. The summed E-state index contributed by atoms with van der Waals surface area (Å²) in [5.74, 6) is 1.00. The van der Waals surface area contributed by atoms with E-state index in [9.17, 15) is 0 Å². The summed E-state index contributed by atoms with van der Waals surface area (Å²) in [5, 5.41) is 9.92. The Hall–Kier alpha value is -0.510. The van der Waals surface area contributed by atoms with E-state index < -0.39 is 0 Å². The molecule has 0 fully saturated rings. The van der Waals surface area contributed by atoms with Crippen molar-refractivity contribution in [2.45, 2.75) is 12.5 Å². The summed E-state index contributed by atoms with van der Waals surface area (Å²) < 4.78 is 0. The predicted octanol–water partition coefficient (Wildman–Crippen LogP) is 2.35. The topological polar surface area (TPSA) is 32.6 Å². The predicted molar refractivity (Wildman–Crippen MR) is 68.2 cm³/mol. The third-order valence-corrected chi connectivity index (χ3v) is 3.36. The Morgan fingerprint density at radius 1 is 1.33 bits per heavy atom. The van der Waals surface area contributed by atoms with Gasteiger partial charge in [0.2, 0.25) is 0 Å². The van der Waals surface area contributed by atoms with E-state index in [-0.39, 0.29) is 19.0 Å². The summed E-state index contributed by atoms with van der Waals surface area (Å²) >= 11 is 1.78. The lowest BCUT2D eigenvalue weighted by Crippen LogP contribution is -2.05. The van der Waals surface area contributed by atoms with Gasteiger partial charge in [0, 0.05) is 17.9 Å². The van der Waals surface area contributed by atoms with Gasteiger partial charge in [-0.25, -0.2) is 0 Å². The van der Waals surface area contributed by atoms with Gasteiger partial charge in [-0.05, 0) is 6.42 Å². The third kappa shape index (κ3) is 3.23. The van der Waals surface area contributed by atoms with E-state index in [1.807, 2.05) is 18.2 Å². The molecule has 0 saturated heterocycles. The largest absolute Gasteiger partial charge is 0.396 e. The maximum Gasteiger partial charge on any atom is 0.0981 e. The molecule has 0 saturated carbocycles. The summed E-state index contributed by atoms with van der Waals surface area (Å²) in [5.41, 5.74) is 1.19. The molecule has 1 aromatic rings. The summed E-state index contributed by atoms with van der Waals surface area (Å²) in [6.45, 7) is 0.233. The highest BCUT2D eigenvalue weighted by Crippen LogP contribution is 2.24. The molecule has 1 aliphatic heterocycles. The summed E-state index contributed by atoms with van der Waals surface area (Å²) in [6.07, 6.45) is 0.781. The fraction of sp³-hybridized carbons (Fsp3) is 0.364. The number of rotatable bonds is 3. The van der Waals surface area contributed by atoms with E-state index in [0.717, 1.165) is 17.2 Å². The number of thioether (sulfide) groups is 1. The van der Waals surface area contributed by atoms with Gasteiger partial charge < -0.3 is 5.11 Å². The molecule has 0 amide bonds. The van der Waals surface area contributed by atoms with Crippen LogP contribution in [0.25, 0.3) is 0 Å². The number of hydrogen-bond acceptors (Lipinski definition) is 3. The van der Waals surface area contributed by atoms with Crippen LogP contribution in [0.5, 0.6) is 0 Å². The fourth-order valence-corrected chi connectivity index (χ4v) is 2.57. The number of aliphatic imine (C=N–C) groups is 1. The Kier molecular flexibility index (Phi) is 5.15. The molecule has 0 aromatic heterocycles. The zero-order chi connectivity index (χ0) is 9.80. The number of aliphatic hydroxyl groups excluding tert-OH is 1. The summed E-state index contributed by atoms with van der Waals surface area (Å²) in [6, 6.07) is 10.5. The number of hydrogen-bond donors (Lipinski definition) is 1. The molecule has 1 unspecified atom stereocenters. The Balaban J connectivity index is 0.00000112. The van der Waals surface area contributed by atoms with Gasteiger partial charge in [0.1, 0.15) is 0 Å². The second-order valence-corrected chi connectivity index (χ2v) is 4.29. The first kappa shape index (κ1) is 12.6. The van der Waals surface area contributed by atoms with Crippen LogP contribution < -0.4 is 0 Å². The molecular formula is C11H14ClNOS. The second kappa shape index (κ2) is 6.16. The van der Waals surface area contributed by atoms with Crippen LogP contribution >= 0.6 is 24.2 Å². The van der Waals surface area contributed by atoms with Crippen LogP contribution in [0.1, 0.15) is 12.0 Å². The van der Waals surface area contributed by atoms with Crippen LogP contribution in [-0.2, 0) is 0 Å². The van der Waals surface area contributed by atoms with Crippen molar-refractivity contribution in [1.29, 1.82) is 0 Å².